The smallest absolute Gasteiger partial charge is 0.370 e. The lowest BCUT2D eigenvalue weighted by molar-refractivity contribution is -0.138. The van der Waals surface area contributed by atoms with E-state index in [0.717, 1.165) is 30.4 Å². The Kier molecular flexibility index (Phi) is 9.46. The van der Waals surface area contributed by atoms with Crippen LogP contribution in [-0.4, -0.2) is 48.9 Å². The van der Waals surface area contributed by atoms with Gasteiger partial charge >= 0.3 is 6.18 Å². The molecule has 1 aromatic heterocycles. The predicted molar refractivity (Wildman–Crippen MR) is 142 cm³/mol. The average molecular weight is 528 g/mol. The summed E-state index contributed by atoms with van der Waals surface area (Å²) < 4.78 is 39.8. The molecule has 0 spiro atoms. The van der Waals surface area contributed by atoms with Crippen LogP contribution in [0, 0.1) is 6.92 Å². The molecule has 10 heteroatoms. The van der Waals surface area contributed by atoms with Gasteiger partial charge in [0.05, 0.1) is 23.0 Å². The Morgan fingerprint density at radius 3 is 2.24 bits per heavy atom. The van der Waals surface area contributed by atoms with E-state index in [1.54, 1.807) is 55.5 Å². The van der Waals surface area contributed by atoms with Crippen molar-refractivity contribution in [3.05, 3.63) is 88.7 Å². The highest BCUT2D eigenvalue weighted by molar-refractivity contribution is 6.04. The number of aryl methyl sites for hydroxylation is 1. The lowest BCUT2D eigenvalue weighted by Gasteiger charge is -2.17. The third kappa shape index (κ3) is 8.04. The van der Waals surface area contributed by atoms with Crippen LogP contribution in [0.2, 0.25) is 0 Å². The van der Waals surface area contributed by atoms with Gasteiger partial charge in [-0.25, -0.2) is 0 Å². The molecule has 3 aromatic rings. The van der Waals surface area contributed by atoms with Gasteiger partial charge in [-0.15, -0.1) is 0 Å². The minimum Gasteiger partial charge on any atom is -0.370 e. The van der Waals surface area contributed by atoms with Crippen LogP contribution in [0.25, 0.3) is 0 Å². The van der Waals surface area contributed by atoms with Gasteiger partial charge in [0.15, 0.2) is 0 Å². The number of halogens is 3. The second-order valence-corrected chi connectivity index (χ2v) is 9.42. The number of amides is 2. The topological polar surface area (TPSA) is 91.6 Å². The maximum absolute atomic E-state index is 13.3. The molecule has 2 aromatic carbocycles. The Morgan fingerprint density at radius 2 is 1.66 bits per heavy atom. The van der Waals surface area contributed by atoms with Gasteiger partial charge < -0.3 is 20.9 Å². The molecule has 0 radical (unpaired) electrons. The van der Waals surface area contributed by atoms with Crippen molar-refractivity contribution < 1.29 is 22.8 Å². The van der Waals surface area contributed by atoms with E-state index in [9.17, 15) is 22.8 Å². The Balaban J connectivity index is 0.000000241. The van der Waals surface area contributed by atoms with E-state index >= 15 is 0 Å². The zero-order valence-corrected chi connectivity index (χ0v) is 21.7. The first kappa shape index (κ1) is 28.6. The van der Waals surface area contributed by atoms with E-state index in [-0.39, 0.29) is 17.8 Å². The van der Waals surface area contributed by atoms with Gasteiger partial charge in [-0.05, 0) is 69.8 Å². The number of hydrogen-bond acceptors (Lipinski definition) is 5. The molecule has 0 unspecified atom stereocenters. The van der Waals surface area contributed by atoms with Crippen molar-refractivity contribution in [2.75, 3.05) is 37.4 Å². The molecule has 1 aliphatic heterocycles. The molecule has 3 N–H and O–H groups in total. The van der Waals surface area contributed by atoms with Crippen molar-refractivity contribution in [2.24, 2.45) is 5.73 Å². The number of nitrogens with zero attached hydrogens (tertiary/aromatic N) is 3. The standard InChI is InChI=1S/C18H19F3N2O.C10H13N3O/c1-12-4-6-13(7-5-12)17(24)22-15-9-8-14(11-23(2)3)16(10-15)18(19,20)21;11-10(14)8-5-9(7-12-6-8)13-3-1-2-4-13/h4-10H,11H2,1-3H3,(H,22,24);5-7H,1-4H2,(H2,11,14). The molecule has 1 fully saturated rings. The number of anilines is 2. The number of nitrogens with one attached hydrogen (secondary N) is 1. The van der Waals surface area contributed by atoms with E-state index in [1.165, 1.54) is 31.2 Å². The summed E-state index contributed by atoms with van der Waals surface area (Å²) in [5.41, 5.74) is 7.61. The minimum atomic E-state index is -4.48. The molecular weight excluding hydrogens is 495 g/mol. The normalized spacial score (nSPS) is 13.2. The number of hydrogen-bond donors (Lipinski definition) is 2. The molecule has 2 heterocycles. The second-order valence-electron chi connectivity index (χ2n) is 9.42. The van der Waals surface area contributed by atoms with Gasteiger partial charge in [-0.2, -0.15) is 13.2 Å². The summed E-state index contributed by atoms with van der Waals surface area (Å²) >= 11 is 0. The van der Waals surface area contributed by atoms with Crippen molar-refractivity contribution in [2.45, 2.75) is 32.5 Å². The molecule has 0 aliphatic carbocycles. The maximum atomic E-state index is 13.3. The quantitative estimate of drug-likeness (QED) is 0.465. The van der Waals surface area contributed by atoms with E-state index < -0.39 is 23.6 Å². The Labute approximate surface area is 220 Å². The first-order valence-electron chi connectivity index (χ1n) is 12.2. The predicted octanol–water partition coefficient (Wildman–Crippen LogP) is 5.11. The number of primary amides is 1. The molecule has 4 rings (SSSR count). The van der Waals surface area contributed by atoms with Gasteiger partial charge in [0.25, 0.3) is 5.91 Å². The van der Waals surface area contributed by atoms with Gasteiger partial charge in [0, 0.05) is 37.1 Å². The zero-order valence-electron chi connectivity index (χ0n) is 21.7. The summed E-state index contributed by atoms with van der Waals surface area (Å²) in [7, 11) is 3.40. The third-order valence-corrected chi connectivity index (χ3v) is 5.95. The number of benzene rings is 2. The third-order valence-electron chi connectivity index (χ3n) is 5.95. The molecule has 202 valence electrons. The maximum Gasteiger partial charge on any atom is 0.416 e. The molecule has 0 saturated carbocycles. The van der Waals surface area contributed by atoms with E-state index in [4.69, 9.17) is 5.73 Å². The number of carbonyl (C=O) groups excluding carboxylic acids is 2. The summed E-state index contributed by atoms with van der Waals surface area (Å²) in [5.74, 6) is -0.859. The van der Waals surface area contributed by atoms with Crippen LogP contribution in [0.1, 0.15) is 50.2 Å². The minimum absolute atomic E-state index is 0.121. The second kappa shape index (κ2) is 12.6. The van der Waals surface area contributed by atoms with Crippen LogP contribution in [0.15, 0.2) is 60.9 Å². The van der Waals surface area contributed by atoms with Crippen molar-refractivity contribution in [3.63, 3.8) is 0 Å². The highest BCUT2D eigenvalue weighted by atomic mass is 19.4. The van der Waals surface area contributed by atoms with Crippen LogP contribution in [0.4, 0.5) is 24.5 Å². The first-order chi connectivity index (χ1) is 17.9. The molecule has 1 saturated heterocycles. The highest BCUT2D eigenvalue weighted by Crippen LogP contribution is 2.34. The molecule has 0 atom stereocenters. The molecule has 2 amide bonds. The van der Waals surface area contributed by atoms with Crippen molar-refractivity contribution in [1.29, 1.82) is 0 Å². The van der Waals surface area contributed by atoms with E-state index in [2.05, 4.69) is 15.2 Å². The number of carbonyl (C=O) groups is 2. The summed E-state index contributed by atoms with van der Waals surface area (Å²) in [5, 5.41) is 2.52. The number of aromatic nitrogens is 1. The lowest BCUT2D eigenvalue weighted by atomic mass is 10.1. The summed E-state index contributed by atoms with van der Waals surface area (Å²) in [6, 6.07) is 12.5. The largest absolute Gasteiger partial charge is 0.416 e. The van der Waals surface area contributed by atoms with Gasteiger partial charge in [0.1, 0.15) is 0 Å². The summed E-state index contributed by atoms with van der Waals surface area (Å²) in [6.07, 6.45) is 1.22. The molecule has 0 bridgehead atoms. The fraction of sp³-hybridized carbons (Fsp3) is 0.321. The van der Waals surface area contributed by atoms with Gasteiger partial charge in [-0.1, -0.05) is 23.8 Å². The number of pyridine rings is 1. The van der Waals surface area contributed by atoms with E-state index in [1.807, 2.05) is 6.92 Å². The number of alkyl halides is 3. The molecule has 38 heavy (non-hydrogen) atoms. The Morgan fingerprint density at radius 1 is 1.00 bits per heavy atom. The number of rotatable bonds is 6. The van der Waals surface area contributed by atoms with Crippen LogP contribution in [0.5, 0.6) is 0 Å². The Bertz CT molecular complexity index is 1250. The average Bonchev–Trinajstić information content (AvgIpc) is 3.40. The molecular formula is C28H32F3N5O2. The van der Waals surface area contributed by atoms with Crippen LogP contribution in [0.3, 0.4) is 0 Å². The SMILES string of the molecule is Cc1ccc(C(=O)Nc2ccc(CN(C)C)c(C(F)(F)F)c2)cc1.NC(=O)c1cncc(N2CCCC2)c1. The lowest BCUT2D eigenvalue weighted by Crippen LogP contribution is -2.19. The van der Waals surface area contributed by atoms with Crippen LogP contribution < -0.4 is 16.0 Å². The van der Waals surface area contributed by atoms with Crippen LogP contribution >= 0.6 is 0 Å². The summed E-state index contributed by atoms with van der Waals surface area (Å²) in [4.78, 5) is 31.0. The summed E-state index contributed by atoms with van der Waals surface area (Å²) in [6.45, 7) is 4.15. The first-order valence-corrected chi connectivity index (χ1v) is 12.2. The molecule has 1 aliphatic rings. The zero-order chi connectivity index (χ0) is 27.9. The monoisotopic (exact) mass is 527 g/mol. The van der Waals surface area contributed by atoms with Crippen molar-refractivity contribution in [3.8, 4) is 0 Å². The highest BCUT2D eigenvalue weighted by Gasteiger charge is 2.33. The number of nitrogens with two attached hydrogens (primary N) is 1. The van der Waals surface area contributed by atoms with Crippen LogP contribution in [-0.2, 0) is 12.7 Å². The van der Waals surface area contributed by atoms with E-state index in [0.29, 0.717) is 11.1 Å². The molecule has 7 nitrogen and oxygen atoms in total. The van der Waals surface area contributed by atoms with Crippen molar-refractivity contribution >= 4 is 23.2 Å². The van der Waals surface area contributed by atoms with Gasteiger partial charge in [0.2, 0.25) is 5.91 Å². The van der Waals surface area contributed by atoms with Gasteiger partial charge in [-0.3, -0.25) is 14.6 Å². The van der Waals surface area contributed by atoms with Crippen molar-refractivity contribution in [1.82, 2.24) is 9.88 Å². The fourth-order valence-electron chi connectivity index (χ4n) is 4.02. The fourth-order valence-corrected chi connectivity index (χ4v) is 4.02. The Hall–Kier alpha value is -3.92.